The second-order valence-electron chi connectivity index (χ2n) is 4.17. The highest BCUT2D eigenvalue weighted by atomic mass is 35.5. The highest BCUT2D eigenvalue weighted by molar-refractivity contribution is 5.85. The van der Waals surface area contributed by atoms with Gasteiger partial charge in [0.15, 0.2) is 0 Å². The van der Waals surface area contributed by atoms with Gasteiger partial charge in [-0.05, 0) is 25.2 Å². The van der Waals surface area contributed by atoms with Gasteiger partial charge in [-0.25, -0.2) is 0 Å². The van der Waals surface area contributed by atoms with Crippen LogP contribution in [0.2, 0.25) is 0 Å². The van der Waals surface area contributed by atoms with E-state index >= 15 is 0 Å². The van der Waals surface area contributed by atoms with Crippen LogP contribution in [0.1, 0.15) is 46.0 Å². The first-order valence-electron chi connectivity index (χ1n) is 5.51. The molecule has 14 heavy (non-hydrogen) atoms. The summed E-state index contributed by atoms with van der Waals surface area (Å²) in [6.07, 6.45) is 5.31. The lowest BCUT2D eigenvalue weighted by molar-refractivity contribution is -0.132. The first-order chi connectivity index (χ1) is 6.24. The lowest BCUT2D eigenvalue weighted by atomic mass is 9.99. The number of hydrogen-bond acceptors (Lipinski definition) is 1. The minimum absolute atomic E-state index is 0. The molecule has 1 saturated heterocycles. The van der Waals surface area contributed by atoms with E-state index in [9.17, 15) is 4.79 Å². The van der Waals surface area contributed by atoms with Crippen molar-refractivity contribution in [3.63, 3.8) is 0 Å². The number of amides is 1. The van der Waals surface area contributed by atoms with E-state index in [1.54, 1.807) is 0 Å². The van der Waals surface area contributed by atoms with E-state index in [1.165, 1.54) is 12.8 Å². The quantitative estimate of drug-likeness (QED) is 0.715. The molecule has 84 valence electrons. The van der Waals surface area contributed by atoms with Crippen LogP contribution in [0.25, 0.3) is 0 Å². The summed E-state index contributed by atoms with van der Waals surface area (Å²) in [4.78, 5) is 13.6. The number of rotatable bonds is 3. The van der Waals surface area contributed by atoms with Crippen molar-refractivity contribution in [2.24, 2.45) is 5.92 Å². The molecule has 1 aliphatic rings. The van der Waals surface area contributed by atoms with E-state index < -0.39 is 0 Å². The second-order valence-corrected chi connectivity index (χ2v) is 4.17. The van der Waals surface area contributed by atoms with Crippen LogP contribution in [-0.4, -0.2) is 23.9 Å². The van der Waals surface area contributed by atoms with Crippen molar-refractivity contribution in [2.75, 3.05) is 13.1 Å². The van der Waals surface area contributed by atoms with Crippen molar-refractivity contribution in [1.82, 2.24) is 4.90 Å². The number of carbonyl (C=O) groups excluding carboxylic acids is 1. The van der Waals surface area contributed by atoms with Crippen LogP contribution in [-0.2, 0) is 4.79 Å². The van der Waals surface area contributed by atoms with E-state index in [2.05, 4.69) is 13.8 Å². The molecule has 1 fully saturated rings. The lowest BCUT2D eigenvalue weighted by Crippen LogP contribution is -2.37. The summed E-state index contributed by atoms with van der Waals surface area (Å²) in [5.74, 6) is 1.18. The fourth-order valence-electron chi connectivity index (χ4n) is 1.74. The third-order valence-corrected chi connectivity index (χ3v) is 2.88. The van der Waals surface area contributed by atoms with Gasteiger partial charge in [-0.1, -0.05) is 20.3 Å². The SMILES string of the molecule is CCCCC(=O)N1CCC(C)CC1.Cl. The van der Waals surface area contributed by atoms with Gasteiger partial charge in [0, 0.05) is 19.5 Å². The fraction of sp³-hybridized carbons (Fsp3) is 0.909. The van der Waals surface area contributed by atoms with Crippen LogP contribution >= 0.6 is 12.4 Å². The van der Waals surface area contributed by atoms with Crippen LogP contribution in [0.5, 0.6) is 0 Å². The Kier molecular flexibility index (Phi) is 6.98. The highest BCUT2D eigenvalue weighted by Gasteiger charge is 2.19. The molecular weight excluding hydrogens is 198 g/mol. The Morgan fingerprint density at radius 2 is 1.93 bits per heavy atom. The van der Waals surface area contributed by atoms with E-state index in [4.69, 9.17) is 0 Å². The molecule has 2 nitrogen and oxygen atoms in total. The molecule has 1 heterocycles. The number of likely N-dealkylation sites (tertiary alicyclic amines) is 1. The molecule has 0 bridgehead atoms. The third kappa shape index (κ3) is 4.32. The maximum absolute atomic E-state index is 11.6. The van der Waals surface area contributed by atoms with E-state index in [-0.39, 0.29) is 12.4 Å². The number of hydrogen-bond donors (Lipinski definition) is 0. The Morgan fingerprint density at radius 1 is 1.36 bits per heavy atom. The lowest BCUT2D eigenvalue weighted by Gasteiger charge is -2.30. The first kappa shape index (κ1) is 13.8. The van der Waals surface area contributed by atoms with Crippen molar-refractivity contribution < 1.29 is 4.79 Å². The van der Waals surface area contributed by atoms with Crippen LogP contribution in [0, 0.1) is 5.92 Å². The Hall–Kier alpha value is -0.240. The third-order valence-electron chi connectivity index (χ3n) is 2.88. The maximum atomic E-state index is 11.6. The summed E-state index contributed by atoms with van der Waals surface area (Å²) < 4.78 is 0. The van der Waals surface area contributed by atoms with Gasteiger partial charge in [0.2, 0.25) is 5.91 Å². The first-order valence-corrected chi connectivity index (χ1v) is 5.51. The standard InChI is InChI=1S/C11H21NO.ClH/c1-3-4-5-11(13)12-8-6-10(2)7-9-12;/h10H,3-9H2,1-2H3;1H. The summed E-state index contributed by atoms with van der Waals surface area (Å²) in [6, 6.07) is 0. The fourth-order valence-corrected chi connectivity index (χ4v) is 1.74. The predicted molar refractivity (Wildman–Crippen MR) is 61.8 cm³/mol. The molecule has 0 spiro atoms. The minimum Gasteiger partial charge on any atom is -0.343 e. The molecule has 1 amide bonds. The van der Waals surface area contributed by atoms with Gasteiger partial charge < -0.3 is 4.90 Å². The van der Waals surface area contributed by atoms with E-state index in [0.29, 0.717) is 5.91 Å². The molecule has 0 aromatic heterocycles. The maximum Gasteiger partial charge on any atom is 0.222 e. The molecule has 3 heteroatoms. The number of piperidine rings is 1. The Balaban J connectivity index is 0.00000169. The zero-order valence-electron chi connectivity index (χ0n) is 9.29. The van der Waals surface area contributed by atoms with Crippen molar-refractivity contribution in [1.29, 1.82) is 0 Å². The van der Waals surface area contributed by atoms with E-state index in [0.717, 1.165) is 38.3 Å². The van der Waals surface area contributed by atoms with Crippen molar-refractivity contribution in [3.05, 3.63) is 0 Å². The molecular formula is C11H22ClNO. The van der Waals surface area contributed by atoms with Gasteiger partial charge in [0.25, 0.3) is 0 Å². The number of unbranched alkanes of at least 4 members (excludes halogenated alkanes) is 1. The highest BCUT2D eigenvalue weighted by Crippen LogP contribution is 2.16. The molecule has 0 aromatic carbocycles. The van der Waals surface area contributed by atoms with E-state index in [1.807, 2.05) is 4.90 Å². The largest absolute Gasteiger partial charge is 0.343 e. The average molecular weight is 220 g/mol. The van der Waals surface area contributed by atoms with Gasteiger partial charge in [-0.3, -0.25) is 4.79 Å². The summed E-state index contributed by atoms with van der Waals surface area (Å²) in [5, 5.41) is 0. The van der Waals surface area contributed by atoms with Crippen molar-refractivity contribution in [2.45, 2.75) is 46.0 Å². The molecule has 0 aliphatic carbocycles. The van der Waals surface area contributed by atoms with Crippen LogP contribution in [0.4, 0.5) is 0 Å². The summed E-state index contributed by atoms with van der Waals surface area (Å²) in [7, 11) is 0. The molecule has 0 atom stereocenters. The molecule has 0 N–H and O–H groups in total. The van der Waals surface area contributed by atoms with Gasteiger partial charge in [0.05, 0.1) is 0 Å². The molecule has 1 rings (SSSR count). The average Bonchev–Trinajstić information content (AvgIpc) is 2.15. The zero-order valence-corrected chi connectivity index (χ0v) is 10.1. The van der Waals surface area contributed by atoms with Crippen molar-refractivity contribution in [3.8, 4) is 0 Å². The normalized spacial score (nSPS) is 17.7. The topological polar surface area (TPSA) is 20.3 Å². The Labute approximate surface area is 93.5 Å². The van der Waals surface area contributed by atoms with Gasteiger partial charge >= 0.3 is 0 Å². The number of carbonyl (C=O) groups is 1. The van der Waals surface area contributed by atoms with Crippen molar-refractivity contribution >= 4 is 18.3 Å². The number of nitrogens with zero attached hydrogens (tertiary/aromatic N) is 1. The second kappa shape index (κ2) is 7.10. The summed E-state index contributed by atoms with van der Waals surface area (Å²) >= 11 is 0. The smallest absolute Gasteiger partial charge is 0.222 e. The number of halogens is 1. The Morgan fingerprint density at radius 3 is 2.43 bits per heavy atom. The van der Waals surface area contributed by atoms with Gasteiger partial charge in [-0.15, -0.1) is 12.4 Å². The van der Waals surface area contributed by atoms with Crippen LogP contribution in [0.15, 0.2) is 0 Å². The predicted octanol–water partition coefficient (Wildman–Crippen LogP) is 2.86. The Bertz CT molecular complexity index is 165. The van der Waals surface area contributed by atoms with Crippen LogP contribution in [0.3, 0.4) is 0 Å². The minimum atomic E-state index is 0. The molecule has 0 radical (unpaired) electrons. The summed E-state index contributed by atoms with van der Waals surface area (Å²) in [6.45, 7) is 6.38. The molecule has 1 aliphatic heterocycles. The molecule has 0 unspecified atom stereocenters. The molecule has 0 aromatic rings. The molecule has 0 saturated carbocycles. The summed E-state index contributed by atoms with van der Waals surface area (Å²) in [5.41, 5.74) is 0. The van der Waals surface area contributed by atoms with Gasteiger partial charge in [-0.2, -0.15) is 0 Å². The van der Waals surface area contributed by atoms with Crippen LogP contribution < -0.4 is 0 Å². The zero-order chi connectivity index (χ0) is 9.68. The van der Waals surface area contributed by atoms with Gasteiger partial charge in [0.1, 0.15) is 0 Å². The monoisotopic (exact) mass is 219 g/mol.